The van der Waals surface area contributed by atoms with E-state index in [9.17, 15) is 18.8 Å². The molecule has 4 atom stereocenters. The smallest absolute Gasteiger partial charge is 0.245 e. The van der Waals surface area contributed by atoms with E-state index in [1.165, 1.54) is 12.1 Å². The normalized spacial score (nSPS) is 30.5. The molecule has 0 bridgehead atoms. The lowest BCUT2D eigenvalue weighted by molar-refractivity contribution is -0.146. The van der Waals surface area contributed by atoms with Crippen LogP contribution in [0.5, 0.6) is 0 Å². The number of carbonyl (C=O) groups is 3. The molecule has 1 aromatic rings. The molecule has 3 heterocycles. The lowest BCUT2D eigenvalue weighted by Crippen LogP contribution is -2.54. The van der Waals surface area contributed by atoms with Crippen molar-refractivity contribution in [3.05, 3.63) is 35.4 Å². The van der Waals surface area contributed by atoms with Crippen LogP contribution in [-0.2, 0) is 14.4 Å². The highest BCUT2D eigenvalue weighted by Gasteiger charge is 2.51. The monoisotopic (exact) mass is 601 g/mol. The number of benzene rings is 1. The van der Waals surface area contributed by atoms with Crippen molar-refractivity contribution in [1.29, 1.82) is 0 Å². The Morgan fingerprint density at radius 2 is 1.60 bits per heavy atom. The fourth-order valence-electron chi connectivity index (χ4n) is 7.85. The summed E-state index contributed by atoms with van der Waals surface area (Å²) in [6.07, 6.45) is 4.38. The Hall–Kier alpha value is -2.59. The molecule has 1 saturated carbocycles. The predicted molar refractivity (Wildman–Crippen MR) is 161 cm³/mol. The minimum atomic E-state index is -0.678. The standard InChI is InChI=1S/C33H49F2N5O3/c1-21-6-9-24(10-7-21)40(22(2)41)25-17-30(32(43)37-14-12-36-13-15-37)39(18-25)31(42)28-20-38(33(3,4)5)19-27(28)26-11-8-23(34)16-29(26)35/h8,11,16,21,24-25,27-28,30,36H,6-7,9-10,12-15,17-20H2,1-5H3/t21?,24?,25-,27-,28+,30-/m0/s1. The summed E-state index contributed by atoms with van der Waals surface area (Å²) in [5.74, 6) is -2.03. The summed E-state index contributed by atoms with van der Waals surface area (Å²) < 4.78 is 29.1. The van der Waals surface area contributed by atoms with Crippen LogP contribution in [0.1, 0.15) is 78.2 Å². The molecule has 43 heavy (non-hydrogen) atoms. The van der Waals surface area contributed by atoms with Gasteiger partial charge in [0, 0.05) is 76.3 Å². The van der Waals surface area contributed by atoms with Crippen molar-refractivity contribution in [2.45, 2.75) is 96.3 Å². The van der Waals surface area contributed by atoms with Crippen molar-refractivity contribution < 1.29 is 23.2 Å². The highest BCUT2D eigenvalue weighted by Crippen LogP contribution is 2.40. The van der Waals surface area contributed by atoms with E-state index in [0.717, 1.165) is 31.7 Å². The van der Waals surface area contributed by atoms with E-state index in [-0.39, 0.29) is 41.9 Å². The van der Waals surface area contributed by atoms with Crippen molar-refractivity contribution >= 4 is 17.7 Å². The van der Waals surface area contributed by atoms with E-state index >= 15 is 4.39 Å². The molecule has 0 radical (unpaired) electrons. The van der Waals surface area contributed by atoms with Crippen LogP contribution in [0.3, 0.4) is 0 Å². The summed E-state index contributed by atoms with van der Waals surface area (Å²) in [5, 5.41) is 3.28. The van der Waals surface area contributed by atoms with Gasteiger partial charge in [-0.25, -0.2) is 8.78 Å². The number of rotatable bonds is 5. The van der Waals surface area contributed by atoms with Crippen LogP contribution < -0.4 is 5.32 Å². The molecule has 3 aliphatic heterocycles. The number of hydrogen-bond donors (Lipinski definition) is 1. The average Bonchev–Trinajstić information content (AvgIpc) is 3.60. The van der Waals surface area contributed by atoms with Crippen LogP contribution >= 0.6 is 0 Å². The number of nitrogens with one attached hydrogen (secondary N) is 1. The first-order chi connectivity index (χ1) is 20.3. The van der Waals surface area contributed by atoms with Gasteiger partial charge in [-0.1, -0.05) is 13.0 Å². The Labute approximate surface area is 255 Å². The molecular formula is C33H49F2N5O3. The molecule has 8 nitrogen and oxygen atoms in total. The van der Waals surface area contributed by atoms with Gasteiger partial charge in [0.25, 0.3) is 0 Å². The van der Waals surface area contributed by atoms with Gasteiger partial charge in [-0.15, -0.1) is 0 Å². The summed E-state index contributed by atoms with van der Waals surface area (Å²) in [7, 11) is 0. The zero-order valence-corrected chi connectivity index (χ0v) is 26.5. The first-order valence-corrected chi connectivity index (χ1v) is 16.1. The van der Waals surface area contributed by atoms with Crippen LogP contribution in [0.4, 0.5) is 8.78 Å². The lowest BCUT2D eigenvalue weighted by Gasteiger charge is -2.39. The van der Waals surface area contributed by atoms with Crippen molar-refractivity contribution in [3.63, 3.8) is 0 Å². The summed E-state index contributed by atoms with van der Waals surface area (Å²) in [5.41, 5.74) is 0.0607. The number of nitrogens with zero attached hydrogens (tertiary/aromatic N) is 4. The largest absolute Gasteiger partial charge is 0.338 e. The third-order valence-electron chi connectivity index (χ3n) is 10.4. The molecule has 0 unspecified atom stereocenters. The van der Waals surface area contributed by atoms with Gasteiger partial charge in [0.15, 0.2) is 0 Å². The number of halogens is 2. The number of likely N-dealkylation sites (tertiary alicyclic amines) is 2. The summed E-state index contributed by atoms with van der Waals surface area (Å²) >= 11 is 0. The van der Waals surface area contributed by atoms with E-state index in [1.54, 1.807) is 11.8 Å². The maximum Gasteiger partial charge on any atom is 0.245 e. The van der Waals surface area contributed by atoms with Gasteiger partial charge in [-0.05, 0) is 70.4 Å². The zero-order valence-electron chi connectivity index (χ0n) is 26.5. The van der Waals surface area contributed by atoms with Gasteiger partial charge < -0.3 is 20.0 Å². The van der Waals surface area contributed by atoms with Crippen molar-refractivity contribution in [2.75, 3.05) is 45.8 Å². The van der Waals surface area contributed by atoms with Crippen LogP contribution in [0.2, 0.25) is 0 Å². The SMILES string of the molecule is CC(=O)N(C1CCC(C)CC1)[C@H]1C[C@@H](C(=O)N2CCNCC2)N(C(=O)[C@@H]2CN(C(C)(C)C)C[C@H]2c2ccc(F)cc2F)C1. The third-order valence-corrected chi connectivity index (χ3v) is 10.4. The maximum absolute atomic E-state index is 15.2. The van der Waals surface area contributed by atoms with Crippen LogP contribution in [0, 0.1) is 23.5 Å². The maximum atomic E-state index is 15.2. The average molecular weight is 602 g/mol. The van der Waals surface area contributed by atoms with Gasteiger partial charge in [-0.2, -0.15) is 0 Å². The van der Waals surface area contributed by atoms with E-state index in [1.807, 2.05) is 9.80 Å². The number of amides is 3. The molecule has 5 rings (SSSR count). The van der Waals surface area contributed by atoms with Crippen LogP contribution in [0.25, 0.3) is 0 Å². The molecule has 0 spiro atoms. The van der Waals surface area contributed by atoms with Gasteiger partial charge in [0.1, 0.15) is 17.7 Å². The van der Waals surface area contributed by atoms with Gasteiger partial charge >= 0.3 is 0 Å². The molecule has 4 aliphatic rings. The highest BCUT2D eigenvalue weighted by atomic mass is 19.1. The molecule has 4 fully saturated rings. The third kappa shape index (κ3) is 6.75. The Bertz CT molecular complexity index is 1190. The summed E-state index contributed by atoms with van der Waals surface area (Å²) in [6.45, 7) is 13.7. The molecule has 1 N–H and O–H groups in total. The topological polar surface area (TPSA) is 76.2 Å². The van der Waals surface area contributed by atoms with E-state index in [4.69, 9.17) is 0 Å². The molecule has 3 saturated heterocycles. The molecular weight excluding hydrogens is 552 g/mol. The molecule has 3 amide bonds. The Kier molecular flexibility index (Phi) is 9.47. The minimum Gasteiger partial charge on any atom is -0.338 e. The van der Waals surface area contributed by atoms with Crippen LogP contribution in [0.15, 0.2) is 18.2 Å². The van der Waals surface area contributed by atoms with Gasteiger partial charge in [0.2, 0.25) is 17.7 Å². The minimum absolute atomic E-state index is 0.0155. The molecule has 10 heteroatoms. The van der Waals surface area contributed by atoms with Crippen molar-refractivity contribution in [1.82, 2.24) is 24.9 Å². The summed E-state index contributed by atoms with van der Waals surface area (Å²) in [4.78, 5) is 49.5. The Morgan fingerprint density at radius 1 is 0.930 bits per heavy atom. The molecule has 238 valence electrons. The zero-order chi connectivity index (χ0) is 31.1. The van der Waals surface area contributed by atoms with Crippen molar-refractivity contribution in [3.8, 4) is 0 Å². The quantitative estimate of drug-likeness (QED) is 0.559. The fraction of sp³-hybridized carbons (Fsp3) is 0.727. The van der Waals surface area contributed by atoms with E-state index < -0.39 is 29.5 Å². The second-order valence-corrected chi connectivity index (χ2v) is 14.3. The van der Waals surface area contributed by atoms with Gasteiger partial charge in [0.05, 0.1) is 12.0 Å². The number of carbonyl (C=O) groups excluding carboxylic acids is 3. The van der Waals surface area contributed by atoms with Gasteiger partial charge in [-0.3, -0.25) is 19.3 Å². The van der Waals surface area contributed by atoms with Crippen molar-refractivity contribution in [2.24, 2.45) is 11.8 Å². The first-order valence-electron chi connectivity index (χ1n) is 16.1. The second-order valence-electron chi connectivity index (χ2n) is 14.3. The molecule has 1 aliphatic carbocycles. The summed E-state index contributed by atoms with van der Waals surface area (Å²) in [6, 6.07) is 2.76. The Morgan fingerprint density at radius 3 is 2.21 bits per heavy atom. The number of piperazine rings is 1. The molecule has 1 aromatic carbocycles. The first kappa shape index (κ1) is 31.8. The highest BCUT2D eigenvalue weighted by molar-refractivity contribution is 5.90. The molecule has 0 aromatic heterocycles. The van der Waals surface area contributed by atoms with E-state index in [2.05, 4.69) is 37.9 Å². The second kappa shape index (κ2) is 12.8. The predicted octanol–water partition coefficient (Wildman–Crippen LogP) is 3.61. The Balaban J connectivity index is 1.47. The number of hydrogen-bond acceptors (Lipinski definition) is 5. The van der Waals surface area contributed by atoms with Crippen LogP contribution in [-0.4, -0.2) is 107 Å². The fourth-order valence-corrected chi connectivity index (χ4v) is 7.85. The van der Waals surface area contributed by atoms with E-state index in [0.29, 0.717) is 57.2 Å². The lowest BCUT2D eigenvalue weighted by atomic mass is 9.86.